The summed E-state index contributed by atoms with van der Waals surface area (Å²) in [7, 11) is 0. The van der Waals surface area contributed by atoms with Gasteiger partial charge in [0.15, 0.2) is 0 Å². The van der Waals surface area contributed by atoms with Gasteiger partial charge in [-0.1, -0.05) is 25.0 Å². The second-order valence-corrected chi connectivity index (χ2v) is 6.54. The van der Waals surface area contributed by atoms with E-state index in [-0.39, 0.29) is 0 Å². The summed E-state index contributed by atoms with van der Waals surface area (Å²) in [6.07, 6.45) is 10.7. The van der Waals surface area contributed by atoms with Gasteiger partial charge in [-0.25, -0.2) is 0 Å². The predicted molar refractivity (Wildman–Crippen MR) is 84.0 cm³/mol. The zero-order valence-corrected chi connectivity index (χ0v) is 13.3. The Kier molecular flexibility index (Phi) is 5.25. The minimum atomic E-state index is 0.824. The summed E-state index contributed by atoms with van der Waals surface area (Å²) in [5.74, 6) is 0.965. The number of aromatic nitrogens is 3. The Labute approximate surface area is 128 Å². The van der Waals surface area contributed by atoms with Crippen molar-refractivity contribution in [2.24, 2.45) is 5.92 Å². The molecule has 1 aliphatic carbocycles. The molecule has 5 nitrogen and oxygen atoms in total. The van der Waals surface area contributed by atoms with Crippen LogP contribution in [0.5, 0.6) is 0 Å². The van der Waals surface area contributed by atoms with Crippen LogP contribution in [0, 0.1) is 5.92 Å². The molecule has 0 spiro atoms. The number of hydrogen-bond acceptors (Lipinski definition) is 4. The van der Waals surface area contributed by atoms with E-state index in [4.69, 9.17) is 0 Å². The smallest absolute Gasteiger partial charge is 0.0964 e. The van der Waals surface area contributed by atoms with Gasteiger partial charge < -0.3 is 5.32 Å². The van der Waals surface area contributed by atoms with Crippen molar-refractivity contribution in [1.82, 2.24) is 25.2 Å². The van der Waals surface area contributed by atoms with Crippen molar-refractivity contribution in [3.05, 3.63) is 11.9 Å². The topological polar surface area (TPSA) is 46.0 Å². The van der Waals surface area contributed by atoms with Gasteiger partial charge in [0.1, 0.15) is 0 Å². The highest BCUT2D eigenvalue weighted by Crippen LogP contribution is 2.35. The quantitative estimate of drug-likeness (QED) is 0.835. The van der Waals surface area contributed by atoms with E-state index < -0.39 is 0 Å². The molecule has 0 radical (unpaired) electrons. The largest absolute Gasteiger partial charge is 0.311 e. The molecule has 5 heteroatoms. The van der Waals surface area contributed by atoms with E-state index in [0.717, 1.165) is 43.8 Å². The van der Waals surface area contributed by atoms with Crippen LogP contribution in [0.25, 0.3) is 0 Å². The molecule has 0 amide bonds. The molecular weight excluding hydrogens is 262 g/mol. The molecule has 21 heavy (non-hydrogen) atoms. The summed E-state index contributed by atoms with van der Waals surface area (Å²) in [4.78, 5) is 2.71. The lowest BCUT2D eigenvalue weighted by atomic mass is 9.96. The van der Waals surface area contributed by atoms with Crippen molar-refractivity contribution >= 4 is 0 Å². The van der Waals surface area contributed by atoms with E-state index in [1.54, 1.807) is 0 Å². The third-order valence-corrected chi connectivity index (χ3v) is 5.12. The number of nitrogens with one attached hydrogen (secondary N) is 1. The van der Waals surface area contributed by atoms with E-state index in [0.29, 0.717) is 0 Å². The van der Waals surface area contributed by atoms with Crippen molar-refractivity contribution in [2.45, 2.75) is 64.6 Å². The van der Waals surface area contributed by atoms with Crippen LogP contribution < -0.4 is 5.32 Å². The van der Waals surface area contributed by atoms with Crippen molar-refractivity contribution in [3.8, 4) is 0 Å². The zero-order valence-electron chi connectivity index (χ0n) is 13.3. The third-order valence-electron chi connectivity index (χ3n) is 5.12. The summed E-state index contributed by atoms with van der Waals surface area (Å²) in [6.45, 7) is 7.29. The van der Waals surface area contributed by atoms with Crippen LogP contribution in [0.1, 0.15) is 51.1 Å². The molecular formula is C16H29N5. The van der Waals surface area contributed by atoms with Crippen molar-refractivity contribution in [2.75, 3.05) is 19.6 Å². The molecule has 2 aliphatic rings. The fourth-order valence-electron chi connectivity index (χ4n) is 4.02. The number of hydrogen-bond donors (Lipinski definition) is 1. The van der Waals surface area contributed by atoms with Gasteiger partial charge >= 0.3 is 0 Å². The minimum absolute atomic E-state index is 0.824. The molecule has 0 aromatic carbocycles. The second kappa shape index (κ2) is 7.36. The molecule has 118 valence electrons. The molecule has 2 heterocycles. The average molecular weight is 291 g/mol. The lowest BCUT2D eigenvalue weighted by Gasteiger charge is -2.29. The summed E-state index contributed by atoms with van der Waals surface area (Å²) in [5, 5.41) is 11.8. The molecule has 1 atom stereocenters. The zero-order chi connectivity index (χ0) is 14.5. The fourth-order valence-corrected chi connectivity index (χ4v) is 4.02. The first-order valence-corrected chi connectivity index (χ1v) is 8.70. The monoisotopic (exact) mass is 291 g/mol. The van der Waals surface area contributed by atoms with Crippen molar-refractivity contribution in [3.63, 3.8) is 0 Å². The van der Waals surface area contributed by atoms with Gasteiger partial charge in [0.2, 0.25) is 0 Å². The molecule has 1 aromatic heterocycles. The van der Waals surface area contributed by atoms with Gasteiger partial charge in [-0.2, -0.15) is 0 Å². The van der Waals surface area contributed by atoms with Gasteiger partial charge in [-0.15, -0.1) is 5.10 Å². The Hall–Kier alpha value is -0.940. The van der Waals surface area contributed by atoms with Crippen LogP contribution in [0.15, 0.2) is 6.20 Å². The molecule has 1 unspecified atom stereocenters. The average Bonchev–Trinajstić information content (AvgIpc) is 3.22. The molecule has 1 aromatic rings. The SMILES string of the molecule is CCNCc1cn(CCN2CCCC2C2CCCC2)nn1. The Morgan fingerprint density at radius 2 is 2.05 bits per heavy atom. The predicted octanol–water partition coefficient (Wildman–Crippen LogP) is 2.04. The Balaban J connectivity index is 1.48. The number of rotatable bonds is 7. The van der Waals surface area contributed by atoms with Gasteiger partial charge in [-0.05, 0) is 44.7 Å². The first-order valence-electron chi connectivity index (χ1n) is 8.70. The summed E-state index contributed by atoms with van der Waals surface area (Å²) in [5.41, 5.74) is 1.05. The standard InChI is InChI=1S/C16H29N5/c1-2-17-12-15-13-21(19-18-15)11-10-20-9-5-8-16(20)14-6-3-4-7-14/h13-14,16-17H,2-12H2,1H3. The fraction of sp³-hybridized carbons (Fsp3) is 0.875. The third kappa shape index (κ3) is 3.83. The highest BCUT2D eigenvalue weighted by molar-refractivity contribution is 4.92. The normalized spacial score (nSPS) is 24.1. The molecule has 0 bridgehead atoms. The van der Waals surface area contributed by atoms with Crippen LogP contribution >= 0.6 is 0 Å². The minimum Gasteiger partial charge on any atom is -0.311 e. The maximum absolute atomic E-state index is 4.25. The number of nitrogens with zero attached hydrogens (tertiary/aromatic N) is 4. The lowest BCUT2D eigenvalue weighted by Crippen LogP contribution is -2.36. The maximum Gasteiger partial charge on any atom is 0.0964 e. The van der Waals surface area contributed by atoms with Gasteiger partial charge in [-0.3, -0.25) is 9.58 Å². The summed E-state index contributed by atoms with van der Waals surface area (Å²) in [6, 6.07) is 0.845. The van der Waals surface area contributed by atoms with Crippen LogP contribution in [0.2, 0.25) is 0 Å². The van der Waals surface area contributed by atoms with E-state index in [1.165, 1.54) is 45.1 Å². The van der Waals surface area contributed by atoms with Crippen LogP contribution in [0.3, 0.4) is 0 Å². The van der Waals surface area contributed by atoms with Gasteiger partial charge in [0.05, 0.1) is 12.2 Å². The maximum atomic E-state index is 4.25. The van der Waals surface area contributed by atoms with Gasteiger partial charge in [0, 0.05) is 25.3 Å². The van der Waals surface area contributed by atoms with Crippen LogP contribution in [-0.4, -0.2) is 45.6 Å². The van der Waals surface area contributed by atoms with E-state index in [2.05, 4.69) is 33.6 Å². The first kappa shape index (κ1) is 15.0. The lowest BCUT2D eigenvalue weighted by molar-refractivity contribution is 0.182. The van der Waals surface area contributed by atoms with Gasteiger partial charge in [0.25, 0.3) is 0 Å². The highest BCUT2D eigenvalue weighted by atomic mass is 15.4. The first-order chi connectivity index (χ1) is 10.4. The summed E-state index contributed by atoms with van der Waals surface area (Å²) < 4.78 is 2.01. The van der Waals surface area contributed by atoms with E-state index in [1.807, 2.05) is 4.68 Å². The summed E-state index contributed by atoms with van der Waals surface area (Å²) >= 11 is 0. The van der Waals surface area contributed by atoms with E-state index in [9.17, 15) is 0 Å². The molecule has 3 rings (SSSR count). The molecule has 2 fully saturated rings. The number of likely N-dealkylation sites (tertiary alicyclic amines) is 1. The highest BCUT2D eigenvalue weighted by Gasteiger charge is 2.32. The Morgan fingerprint density at radius 3 is 2.86 bits per heavy atom. The van der Waals surface area contributed by atoms with E-state index >= 15 is 0 Å². The molecule has 1 aliphatic heterocycles. The van der Waals surface area contributed by atoms with Crippen LogP contribution in [-0.2, 0) is 13.1 Å². The second-order valence-electron chi connectivity index (χ2n) is 6.54. The Morgan fingerprint density at radius 1 is 1.19 bits per heavy atom. The van der Waals surface area contributed by atoms with Crippen molar-refractivity contribution in [1.29, 1.82) is 0 Å². The molecule has 1 N–H and O–H groups in total. The Bertz CT molecular complexity index is 424. The van der Waals surface area contributed by atoms with Crippen molar-refractivity contribution < 1.29 is 0 Å². The molecule has 1 saturated carbocycles. The molecule has 1 saturated heterocycles. The van der Waals surface area contributed by atoms with Crippen LogP contribution in [0.4, 0.5) is 0 Å².